The number of rotatable bonds is 3. The molecule has 13 heavy (non-hydrogen) atoms. The monoisotopic (exact) mass is 199 g/mol. The van der Waals surface area contributed by atoms with E-state index in [0.717, 1.165) is 0 Å². The summed E-state index contributed by atoms with van der Waals surface area (Å²) in [5.74, 6) is -0.131. The quantitative estimate of drug-likeness (QED) is 0.702. The molecule has 0 amide bonds. The Labute approximate surface area is 80.5 Å². The second kappa shape index (κ2) is 4.68. The molecule has 0 saturated heterocycles. The van der Waals surface area contributed by atoms with Gasteiger partial charge in [0.25, 0.3) is 0 Å². The Kier molecular flexibility index (Phi) is 3.53. The topological polar surface area (TPSA) is 33.0 Å². The molecular weight excluding hydrogens is 193 g/mol. The molecule has 68 valence electrons. The maximum atomic E-state index is 12.8. The summed E-state index contributed by atoms with van der Waals surface area (Å²) in [5.41, 5.74) is 0. The smallest absolute Gasteiger partial charge is 0.145 e. The van der Waals surface area contributed by atoms with Crippen LogP contribution in [0.15, 0.2) is 18.2 Å². The van der Waals surface area contributed by atoms with Crippen LogP contribution in [0.2, 0.25) is 5.02 Å². The summed E-state index contributed by atoms with van der Waals surface area (Å²) < 4.78 is 17.9. The van der Waals surface area contributed by atoms with Gasteiger partial charge in [0.2, 0.25) is 0 Å². The van der Waals surface area contributed by atoms with Crippen LogP contribution < -0.4 is 4.74 Å². The predicted octanol–water partition coefficient (Wildman–Crippen LogP) is 2.77. The van der Waals surface area contributed by atoms with Crippen LogP contribution in [-0.2, 0) is 0 Å². The second-order valence-corrected chi connectivity index (χ2v) is 2.74. The zero-order chi connectivity index (χ0) is 9.68. The van der Waals surface area contributed by atoms with Crippen LogP contribution in [0.1, 0.15) is 6.42 Å². The first-order valence-electron chi connectivity index (χ1n) is 3.69. The fourth-order valence-corrected chi connectivity index (χ4v) is 0.899. The van der Waals surface area contributed by atoms with Gasteiger partial charge in [0.05, 0.1) is 17.5 Å². The third-order valence-electron chi connectivity index (χ3n) is 1.37. The molecule has 0 radical (unpaired) electrons. The molecule has 0 heterocycles. The molecule has 2 nitrogen and oxygen atoms in total. The highest BCUT2D eigenvalue weighted by Gasteiger charge is 2.00. The van der Waals surface area contributed by atoms with Crippen molar-refractivity contribution in [1.29, 1.82) is 5.26 Å². The molecule has 0 fully saturated rings. The van der Waals surface area contributed by atoms with Crippen LogP contribution in [0, 0.1) is 17.1 Å². The largest absolute Gasteiger partial charge is 0.492 e. The van der Waals surface area contributed by atoms with Crippen molar-refractivity contribution in [1.82, 2.24) is 0 Å². The fourth-order valence-electron chi connectivity index (χ4n) is 0.781. The third-order valence-corrected chi connectivity index (χ3v) is 1.68. The Morgan fingerprint density at radius 2 is 2.31 bits per heavy atom. The zero-order valence-corrected chi connectivity index (χ0v) is 7.51. The normalized spacial score (nSPS) is 9.31. The van der Waals surface area contributed by atoms with Gasteiger partial charge in [0.1, 0.15) is 18.2 Å². The van der Waals surface area contributed by atoms with Gasteiger partial charge in [0, 0.05) is 6.07 Å². The molecule has 0 aliphatic carbocycles. The maximum Gasteiger partial charge on any atom is 0.145 e. The highest BCUT2D eigenvalue weighted by atomic mass is 35.5. The Bertz CT molecular complexity index is 335. The number of hydrogen-bond acceptors (Lipinski definition) is 2. The minimum atomic E-state index is -0.517. The molecule has 1 aromatic rings. The summed E-state index contributed by atoms with van der Waals surface area (Å²) in [4.78, 5) is 0. The number of nitriles is 1. The van der Waals surface area contributed by atoms with Gasteiger partial charge in [-0.15, -0.1) is 0 Å². The molecule has 0 aliphatic rings. The number of hydrogen-bond donors (Lipinski definition) is 0. The number of nitrogens with zero attached hydrogens (tertiary/aromatic N) is 1. The van der Waals surface area contributed by atoms with Crippen molar-refractivity contribution in [3.63, 3.8) is 0 Å². The van der Waals surface area contributed by atoms with Gasteiger partial charge in [0.15, 0.2) is 0 Å². The van der Waals surface area contributed by atoms with Gasteiger partial charge in [-0.25, -0.2) is 4.39 Å². The lowest BCUT2D eigenvalue weighted by atomic mass is 10.3. The van der Waals surface area contributed by atoms with Gasteiger partial charge >= 0.3 is 0 Å². The third kappa shape index (κ3) is 2.92. The highest BCUT2D eigenvalue weighted by Crippen LogP contribution is 2.20. The van der Waals surface area contributed by atoms with Gasteiger partial charge < -0.3 is 4.74 Å². The van der Waals surface area contributed by atoms with E-state index in [2.05, 4.69) is 0 Å². The molecule has 0 atom stereocenters. The summed E-state index contributed by atoms with van der Waals surface area (Å²) in [6, 6.07) is 6.09. The molecule has 0 bridgehead atoms. The van der Waals surface area contributed by atoms with Crippen molar-refractivity contribution >= 4 is 11.6 Å². The van der Waals surface area contributed by atoms with Gasteiger partial charge in [-0.3, -0.25) is 0 Å². The molecule has 0 saturated carbocycles. The van der Waals surface area contributed by atoms with Gasteiger partial charge in [-0.05, 0) is 12.1 Å². The summed E-state index contributed by atoms with van der Waals surface area (Å²) in [7, 11) is 0. The summed E-state index contributed by atoms with van der Waals surface area (Å²) in [6.07, 6.45) is 0.282. The SMILES string of the molecule is N#CCCOc1ccc(Cl)c(F)c1. The first-order chi connectivity index (χ1) is 6.24. The van der Waals surface area contributed by atoms with E-state index < -0.39 is 5.82 Å². The van der Waals surface area contributed by atoms with Gasteiger partial charge in [-0.2, -0.15) is 5.26 Å². The molecule has 0 unspecified atom stereocenters. The second-order valence-electron chi connectivity index (χ2n) is 2.33. The van der Waals surface area contributed by atoms with Crippen molar-refractivity contribution in [3.8, 4) is 11.8 Å². The molecule has 0 N–H and O–H groups in total. The standard InChI is InChI=1S/C9H7ClFNO/c10-8-3-2-7(6-9(8)11)13-5-1-4-12/h2-3,6H,1,5H2. The van der Waals surface area contributed by atoms with E-state index in [1.54, 1.807) is 6.07 Å². The number of benzene rings is 1. The first-order valence-corrected chi connectivity index (χ1v) is 4.06. The average molecular weight is 200 g/mol. The molecule has 1 aromatic carbocycles. The number of halogens is 2. The Balaban J connectivity index is 2.59. The lowest BCUT2D eigenvalue weighted by Gasteiger charge is -2.03. The molecule has 0 spiro atoms. The van der Waals surface area contributed by atoms with Crippen molar-refractivity contribution in [2.75, 3.05) is 6.61 Å². The van der Waals surface area contributed by atoms with Crippen molar-refractivity contribution in [3.05, 3.63) is 29.0 Å². The van der Waals surface area contributed by atoms with Crippen LogP contribution in [-0.4, -0.2) is 6.61 Å². The molecule has 0 aliphatic heterocycles. The fraction of sp³-hybridized carbons (Fsp3) is 0.222. The Morgan fingerprint density at radius 3 is 2.92 bits per heavy atom. The van der Waals surface area contributed by atoms with Crippen LogP contribution in [0.5, 0.6) is 5.75 Å². The lowest BCUT2D eigenvalue weighted by molar-refractivity contribution is 0.325. The summed E-state index contributed by atoms with van der Waals surface area (Å²) in [6.45, 7) is 0.261. The van der Waals surface area contributed by atoms with Crippen LogP contribution in [0.25, 0.3) is 0 Å². The average Bonchev–Trinajstić information content (AvgIpc) is 2.12. The predicted molar refractivity (Wildman–Crippen MR) is 47.1 cm³/mol. The van der Waals surface area contributed by atoms with E-state index in [4.69, 9.17) is 21.6 Å². The van der Waals surface area contributed by atoms with E-state index in [-0.39, 0.29) is 18.1 Å². The van der Waals surface area contributed by atoms with E-state index in [1.165, 1.54) is 12.1 Å². The van der Waals surface area contributed by atoms with Crippen LogP contribution in [0.3, 0.4) is 0 Å². The molecule has 0 aromatic heterocycles. The highest BCUT2D eigenvalue weighted by molar-refractivity contribution is 6.30. The maximum absolute atomic E-state index is 12.8. The van der Waals surface area contributed by atoms with E-state index in [9.17, 15) is 4.39 Å². The Hall–Kier alpha value is -1.27. The molecule has 1 rings (SSSR count). The molecule has 4 heteroatoms. The first kappa shape index (κ1) is 9.82. The lowest BCUT2D eigenvalue weighted by Crippen LogP contribution is -1.95. The number of ether oxygens (including phenoxy) is 1. The van der Waals surface area contributed by atoms with E-state index in [0.29, 0.717) is 5.75 Å². The van der Waals surface area contributed by atoms with Crippen LogP contribution in [0.4, 0.5) is 4.39 Å². The summed E-state index contributed by atoms with van der Waals surface area (Å²) in [5, 5.41) is 8.28. The zero-order valence-electron chi connectivity index (χ0n) is 6.76. The van der Waals surface area contributed by atoms with E-state index in [1.807, 2.05) is 6.07 Å². The van der Waals surface area contributed by atoms with E-state index >= 15 is 0 Å². The van der Waals surface area contributed by atoms with Crippen molar-refractivity contribution < 1.29 is 9.13 Å². The summed E-state index contributed by atoms with van der Waals surface area (Å²) >= 11 is 5.46. The van der Waals surface area contributed by atoms with Crippen LogP contribution >= 0.6 is 11.6 Å². The minimum absolute atomic E-state index is 0.0626. The molecular formula is C9H7ClFNO. The minimum Gasteiger partial charge on any atom is -0.492 e. The Morgan fingerprint density at radius 1 is 1.54 bits per heavy atom. The van der Waals surface area contributed by atoms with Crippen molar-refractivity contribution in [2.24, 2.45) is 0 Å². The van der Waals surface area contributed by atoms with Crippen molar-refractivity contribution in [2.45, 2.75) is 6.42 Å². The van der Waals surface area contributed by atoms with Gasteiger partial charge in [-0.1, -0.05) is 11.6 Å².